The van der Waals surface area contributed by atoms with E-state index in [1.54, 1.807) is 17.0 Å². The fourth-order valence-corrected chi connectivity index (χ4v) is 1.91. The predicted molar refractivity (Wildman–Crippen MR) is 75.6 cm³/mol. The summed E-state index contributed by atoms with van der Waals surface area (Å²) < 4.78 is 0. The molecule has 19 heavy (non-hydrogen) atoms. The van der Waals surface area contributed by atoms with E-state index in [2.05, 4.69) is 10.2 Å². The Balaban J connectivity index is 2.31. The van der Waals surface area contributed by atoms with Gasteiger partial charge in [-0.3, -0.25) is 4.79 Å². The molecule has 0 radical (unpaired) electrons. The molecule has 5 heteroatoms. The Hall–Kier alpha value is -1.94. The summed E-state index contributed by atoms with van der Waals surface area (Å²) in [5.74, 6) is -0.183. The van der Waals surface area contributed by atoms with Crippen molar-refractivity contribution in [2.45, 2.75) is 13.8 Å². The number of aryl methyl sites for hydroxylation is 1. The predicted octanol–water partition coefficient (Wildman–Crippen LogP) is 3.11. The zero-order chi connectivity index (χ0) is 13.8. The maximum atomic E-state index is 12.4. The van der Waals surface area contributed by atoms with Crippen molar-refractivity contribution in [1.29, 1.82) is 0 Å². The van der Waals surface area contributed by atoms with Gasteiger partial charge in [-0.1, -0.05) is 23.7 Å². The number of carbonyl (C=O) groups is 1. The third-order valence-electron chi connectivity index (χ3n) is 2.73. The van der Waals surface area contributed by atoms with Gasteiger partial charge in [0.05, 0.1) is 0 Å². The Morgan fingerprint density at radius 2 is 2.05 bits per heavy atom. The van der Waals surface area contributed by atoms with E-state index in [4.69, 9.17) is 11.6 Å². The second-order valence-electron chi connectivity index (χ2n) is 4.13. The molecule has 1 heterocycles. The average Bonchev–Trinajstić information content (AvgIpc) is 2.40. The third-order valence-corrected chi connectivity index (χ3v) is 2.93. The first-order chi connectivity index (χ1) is 9.11. The molecular formula is C14H14ClN3O. The van der Waals surface area contributed by atoms with Crippen LogP contribution in [0.5, 0.6) is 0 Å². The van der Waals surface area contributed by atoms with Crippen molar-refractivity contribution in [3.05, 3.63) is 52.8 Å². The smallest absolute Gasteiger partial charge is 0.278 e. The lowest BCUT2D eigenvalue weighted by Gasteiger charge is -2.20. The molecule has 98 valence electrons. The van der Waals surface area contributed by atoms with Gasteiger partial charge in [0.1, 0.15) is 0 Å². The molecule has 0 bridgehead atoms. The van der Waals surface area contributed by atoms with E-state index in [1.165, 1.54) is 0 Å². The average molecular weight is 276 g/mol. The van der Waals surface area contributed by atoms with E-state index in [0.717, 1.165) is 11.3 Å². The van der Waals surface area contributed by atoms with Gasteiger partial charge in [-0.2, -0.15) is 0 Å². The van der Waals surface area contributed by atoms with Gasteiger partial charge in [0.25, 0.3) is 5.91 Å². The lowest BCUT2D eigenvalue weighted by atomic mass is 10.2. The van der Waals surface area contributed by atoms with Gasteiger partial charge in [0, 0.05) is 12.2 Å². The molecule has 4 nitrogen and oxygen atoms in total. The van der Waals surface area contributed by atoms with Gasteiger partial charge < -0.3 is 4.90 Å². The van der Waals surface area contributed by atoms with Gasteiger partial charge in [-0.15, -0.1) is 10.2 Å². The lowest BCUT2D eigenvalue weighted by molar-refractivity contribution is 0.0982. The fourth-order valence-electron chi connectivity index (χ4n) is 1.81. The molecule has 0 aliphatic heterocycles. The lowest BCUT2D eigenvalue weighted by Crippen LogP contribution is -2.31. The second kappa shape index (κ2) is 5.80. The maximum absolute atomic E-state index is 12.4. The zero-order valence-corrected chi connectivity index (χ0v) is 11.6. The molecule has 0 N–H and O–H groups in total. The molecule has 0 fully saturated rings. The maximum Gasteiger partial charge on any atom is 0.278 e. The number of nitrogens with zero attached hydrogens (tertiary/aromatic N) is 3. The monoisotopic (exact) mass is 275 g/mol. The minimum Gasteiger partial charge on any atom is -0.307 e. The highest BCUT2D eigenvalue weighted by atomic mass is 35.5. The van der Waals surface area contributed by atoms with Gasteiger partial charge in [-0.05, 0) is 43.7 Å². The van der Waals surface area contributed by atoms with Crippen molar-refractivity contribution in [3.8, 4) is 0 Å². The molecule has 0 unspecified atom stereocenters. The van der Waals surface area contributed by atoms with Crippen LogP contribution in [0.3, 0.4) is 0 Å². The minimum absolute atomic E-state index is 0.183. The number of carbonyl (C=O) groups excluding carboxylic acids is 1. The fraction of sp³-hybridized carbons (Fsp3) is 0.214. The van der Waals surface area contributed by atoms with Crippen LogP contribution in [0.15, 0.2) is 36.4 Å². The largest absolute Gasteiger partial charge is 0.307 e. The number of anilines is 1. The summed E-state index contributed by atoms with van der Waals surface area (Å²) >= 11 is 5.67. The van der Waals surface area contributed by atoms with Crippen LogP contribution in [0.2, 0.25) is 5.15 Å². The molecular weight excluding hydrogens is 262 g/mol. The Morgan fingerprint density at radius 1 is 1.26 bits per heavy atom. The van der Waals surface area contributed by atoms with Gasteiger partial charge in [-0.25, -0.2) is 0 Å². The van der Waals surface area contributed by atoms with Crippen molar-refractivity contribution in [1.82, 2.24) is 10.2 Å². The Labute approximate surface area is 117 Å². The number of aromatic nitrogens is 2. The first-order valence-corrected chi connectivity index (χ1v) is 6.37. The number of rotatable bonds is 3. The molecule has 2 rings (SSSR count). The quantitative estimate of drug-likeness (QED) is 0.865. The molecule has 0 saturated heterocycles. The van der Waals surface area contributed by atoms with Crippen LogP contribution in [-0.4, -0.2) is 22.6 Å². The zero-order valence-electron chi connectivity index (χ0n) is 10.8. The highest BCUT2D eigenvalue weighted by Gasteiger charge is 2.17. The molecule has 0 aliphatic rings. The first-order valence-electron chi connectivity index (χ1n) is 5.99. The summed E-state index contributed by atoms with van der Waals surface area (Å²) in [6.45, 7) is 4.47. The second-order valence-corrected chi connectivity index (χ2v) is 4.52. The van der Waals surface area contributed by atoms with Crippen LogP contribution in [0.25, 0.3) is 0 Å². The van der Waals surface area contributed by atoms with Crippen LogP contribution >= 0.6 is 11.6 Å². The summed E-state index contributed by atoms with van der Waals surface area (Å²) in [7, 11) is 0. The number of hydrogen-bond acceptors (Lipinski definition) is 3. The summed E-state index contributed by atoms with van der Waals surface area (Å²) in [6, 6.07) is 10.9. The Kier molecular flexibility index (Phi) is 4.12. The molecule has 0 aliphatic carbocycles. The Morgan fingerprint density at radius 3 is 2.63 bits per heavy atom. The van der Waals surface area contributed by atoms with Crippen LogP contribution in [-0.2, 0) is 0 Å². The molecule has 0 atom stereocenters. The van der Waals surface area contributed by atoms with Crippen LogP contribution < -0.4 is 4.90 Å². The SMILES string of the molecule is CCN(C(=O)c1ccc(Cl)nn1)c1cccc(C)c1. The number of benzene rings is 1. The van der Waals surface area contributed by atoms with Gasteiger partial charge in [0.2, 0.25) is 0 Å². The highest BCUT2D eigenvalue weighted by molar-refractivity contribution is 6.29. The van der Waals surface area contributed by atoms with E-state index >= 15 is 0 Å². The van der Waals surface area contributed by atoms with Crippen LogP contribution in [0.4, 0.5) is 5.69 Å². The Bertz CT molecular complexity index is 583. The molecule has 0 spiro atoms. The molecule has 1 aromatic carbocycles. The van der Waals surface area contributed by atoms with E-state index in [0.29, 0.717) is 6.54 Å². The third kappa shape index (κ3) is 3.09. The summed E-state index contributed by atoms with van der Waals surface area (Å²) in [5, 5.41) is 7.79. The van der Waals surface area contributed by atoms with E-state index in [-0.39, 0.29) is 16.8 Å². The van der Waals surface area contributed by atoms with Crippen molar-refractivity contribution in [2.24, 2.45) is 0 Å². The van der Waals surface area contributed by atoms with Crippen molar-refractivity contribution >= 4 is 23.2 Å². The molecule has 1 amide bonds. The minimum atomic E-state index is -0.183. The van der Waals surface area contributed by atoms with Crippen molar-refractivity contribution < 1.29 is 4.79 Å². The molecule has 2 aromatic rings. The van der Waals surface area contributed by atoms with Gasteiger partial charge >= 0.3 is 0 Å². The van der Waals surface area contributed by atoms with Crippen LogP contribution in [0.1, 0.15) is 23.0 Å². The molecule has 0 saturated carbocycles. The molecule has 1 aromatic heterocycles. The van der Waals surface area contributed by atoms with E-state index in [1.807, 2.05) is 38.1 Å². The number of amides is 1. The standard InChI is InChI=1S/C14H14ClN3O/c1-3-18(11-6-4-5-10(2)9-11)14(19)12-7-8-13(15)17-16-12/h4-9H,3H2,1-2H3. The van der Waals surface area contributed by atoms with E-state index in [9.17, 15) is 4.79 Å². The van der Waals surface area contributed by atoms with Gasteiger partial charge in [0.15, 0.2) is 10.8 Å². The van der Waals surface area contributed by atoms with E-state index < -0.39 is 0 Å². The highest BCUT2D eigenvalue weighted by Crippen LogP contribution is 2.18. The normalized spacial score (nSPS) is 10.3. The van der Waals surface area contributed by atoms with Crippen molar-refractivity contribution in [2.75, 3.05) is 11.4 Å². The number of halogens is 1. The summed E-state index contributed by atoms with van der Waals surface area (Å²) in [4.78, 5) is 14.0. The number of hydrogen-bond donors (Lipinski definition) is 0. The first kappa shape index (κ1) is 13.5. The van der Waals surface area contributed by atoms with Crippen LogP contribution in [0, 0.1) is 6.92 Å². The topological polar surface area (TPSA) is 46.1 Å². The summed E-state index contributed by atoms with van der Waals surface area (Å²) in [5.41, 5.74) is 2.24. The van der Waals surface area contributed by atoms with Crippen molar-refractivity contribution in [3.63, 3.8) is 0 Å². The summed E-state index contributed by atoms with van der Waals surface area (Å²) in [6.07, 6.45) is 0.